The van der Waals surface area contributed by atoms with Gasteiger partial charge in [0.25, 0.3) is 0 Å². The van der Waals surface area contributed by atoms with Crippen LogP contribution in [0.2, 0.25) is 5.02 Å². The summed E-state index contributed by atoms with van der Waals surface area (Å²) in [5.74, 6) is 1.10. The minimum atomic E-state index is -0.302. The number of aromatic nitrogens is 2. The summed E-state index contributed by atoms with van der Waals surface area (Å²) >= 11 is 6.10. The molecule has 1 saturated carbocycles. The van der Waals surface area contributed by atoms with Crippen LogP contribution in [-0.2, 0) is 0 Å². The molecule has 0 unspecified atom stereocenters. The third-order valence-electron chi connectivity index (χ3n) is 3.80. The Morgan fingerprint density at radius 3 is 2.74 bits per heavy atom. The molecule has 1 aromatic carbocycles. The van der Waals surface area contributed by atoms with Crippen LogP contribution in [0, 0.1) is 23.1 Å². The lowest BCUT2D eigenvalue weighted by atomic mass is 9.78. The van der Waals surface area contributed by atoms with Crippen LogP contribution >= 0.6 is 11.6 Å². The van der Waals surface area contributed by atoms with E-state index in [1.165, 1.54) is 18.3 Å². The normalized spacial score (nSPS) is 19.5. The zero-order valence-electron chi connectivity index (χ0n) is 12.3. The molecule has 3 rings (SSSR count). The second kappa shape index (κ2) is 6.80. The molecule has 5 nitrogen and oxygen atoms in total. The second-order valence-electron chi connectivity index (χ2n) is 5.56. The Kier molecular flexibility index (Phi) is 4.58. The monoisotopic (exact) mass is 331 g/mol. The molecular weight excluding hydrogens is 317 g/mol. The lowest BCUT2D eigenvalue weighted by Crippen LogP contribution is -2.35. The summed E-state index contributed by atoms with van der Waals surface area (Å²) in [5, 5.41) is 15.3. The fourth-order valence-electron chi connectivity index (χ4n) is 2.53. The average Bonchev–Trinajstić information content (AvgIpc) is 2.50. The summed E-state index contributed by atoms with van der Waals surface area (Å²) in [4.78, 5) is 8.53. The van der Waals surface area contributed by atoms with E-state index in [-0.39, 0.29) is 11.9 Å². The summed E-state index contributed by atoms with van der Waals surface area (Å²) in [6, 6.07) is 8.42. The molecule has 0 spiro atoms. The van der Waals surface area contributed by atoms with Gasteiger partial charge in [-0.25, -0.2) is 9.37 Å². The van der Waals surface area contributed by atoms with Crippen molar-refractivity contribution in [2.24, 2.45) is 5.92 Å². The van der Waals surface area contributed by atoms with Gasteiger partial charge in [-0.15, -0.1) is 0 Å². The highest BCUT2D eigenvalue weighted by Gasteiger charge is 2.29. The van der Waals surface area contributed by atoms with Crippen LogP contribution in [0.3, 0.4) is 0 Å². The highest BCUT2D eigenvalue weighted by atomic mass is 35.5. The van der Waals surface area contributed by atoms with Gasteiger partial charge >= 0.3 is 0 Å². The Morgan fingerprint density at radius 2 is 2.04 bits per heavy atom. The number of nitriles is 1. The van der Waals surface area contributed by atoms with Crippen LogP contribution in [-0.4, -0.2) is 16.0 Å². The molecule has 0 atom stereocenters. The Morgan fingerprint density at radius 1 is 1.30 bits per heavy atom. The van der Waals surface area contributed by atoms with Crippen LogP contribution in [0.1, 0.15) is 19.3 Å². The van der Waals surface area contributed by atoms with E-state index >= 15 is 0 Å². The Hall–Kier alpha value is -2.39. The van der Waals surface area contributed by atoms with Gasteiger partial charge in [-0.05, 0) is 43.0 Å². The molecule has 1 heterocycles. The molecule has 1 aromatic heterocycles. The number of hydrogen-bond donors (Lipinski definition) is 2. The quantitative estimate of drug-likeness (QED) is 0.862. The molecule has 0 radical (unpaired) electrons. The number of nitrogens with one attached hydrogen (secondary N) is 2. The van der Waals surface area contributed by atoms with Crippen molar-refractivity contribution in [2.75, 3.05) is 10.6 Å². The first-order valence-electron chi connectivity index (χ1n) is 7.32. The van der Waals surface area contributed by atoms with Gasteiger partial charge in [-0.1, -0.05) is 11.6 Å². The molecule has 0 amide bonds. The Labute approximate surface area is 138 Å². The van der Waals surface area contributed by atoms with E-state index in [9.17, 15) is 4.39 Å². The zero-order chi connectivity index (χ0) is 16.2. The van der Waals surface area contributed by atoms with Crippen molar-refractivity contribution in [3.63, 3.8) is 0 Å². The van der Waals surface area contributed by atoms with Crippen molar-refractivity contribution in [3.8, 4) is 6.07 Å². The van der Waals surface area contributed by atoms with Gasteiger partial charge in [0.15, 0.2) is 5.82 Å². The highest BCUT2D eigenvalue weighted by molar-refractivity contribution is 6.32. The Bertz CT molecular complexity index is 722. The van der Waals surface area contributed by atoms with Gasteiger partial charge in [-0.3, -0.25) is 0 Å². The van der Waals surface area contributed by atoms with E-state index in [2.05, 4.69) is 26.7 Å². The number of halogens is 2. The van der Waals surface area contributed by atoms with Crippen molar-refractivity contribution in [1.29, 1.82) is 5.26 Å². The summed E-state index contributed by atoms with van der Waals surface area (Å²) in [6.45, 7) is 0. The lowest BCUT2D eigenvalue weighted by molar-refractivity contribution is 0.287. The second-order valence-corrected chi connectivity index (χ2v) is 5.97. The fraction of sp³-hybridized carbons (Fsp3) is 0.312. The molecule has 7 heteroatoms. The molecule has 2 N–H and O–H groups in total. The highest BCUT2D eigenvalue weighted by Crippen LogP contribution is 2.32. The molecule has 118 valence electrons. The van der Waals surface area contributed by atoms with E-state index in [0.29, 0.717) is 34.8 Å². The maximum absolute atomic E-state index is 12.9. The van der Waals surface area contributed by atoms with Crippen molar-refractivity contribution >= 4 is 29.1 Å². The number of nitrogens with zero attached hydrogens (tertiary/aromatic N) is 3. The van der Waals surface area contributed by atoms with Crippen molar-refractivity contribution < 1.29 is 4.39 Å². The average molecular weight is 332 g/mol. The first-order chi connectivity index (χ1) is 11.1. The van der Waals surface area contributed by atoms with E-state index in [1.54, 1.807) is 12.1 Å². The van der Waals surface area contributed by atoms with Gasteiger partial charge in [0.2, 0.25) is 5.95 Å². The molecule has 23 heavy (non-hydrogen) atoms. The largest absolute Gasteiger partial charge is 0.351 e. The summed E-state index contributed by atoms with van der Waals surface area (Å²) in [6.07, 6.45) is 4.01. The first-order valence-corrected chi connectivity index (χ1v) is 7.70. The van der Waals surface area contributed by atoms with Crippen LogP contribution in [0.25, 0.3) is 0 Å². The van der Waals surface area contributed by atoms with Crippen LogP contribution in [0.15, 0.2) is 30.5 Å². The number of anilines is 3. The van der Waals surface area contributed by atoms with Crippen molar-refractivity contribution in [2.45, 2.75) is 25.3 Å². The van der Waals surface area contributed by atoms with Crippen molar-refractivity contribution in [3.05, 3.63) is 41.3 Å². The van der Waals surface area contributed by atoms with Crippen LogP contribution in [0.4, 0.5) is 21.8 Å². The molecule has 1 fully saturated rings. The van der Waals surface area contributed by atoms with Gasteiger partial charge in [0.05, 0.1) is 12.3 Å². The number of hydrogen-bond acceptors (Lipinski definition) is 5. The third kappa shape index (κ3) is 3.88. The van der Waals surface area contributed by atoms with Crippen LogP contribution < -0.4 is 10.6 Å². The third-order valence-corrected chi connectivity index (χ3v) is 4.08. The molecule has 0 bridgehead atoms. The van der Waals surface area contributed by atoms with Gasteiger partial charge in [0, 0.05) is 18.2 Å². The van der Waals surface area contributed by atoms with E-state index in [0.717, 1.165) is 12.8 Å². The lowest BCUT2D eigenvalue weighted by Gasteiger charge is -2.34. The topological polar surface area (TPSA) is 73.6 Å². The molecule has 0 aliphatic heterocycles. The van der Waals surface area contributed by atoms with E-state index in [4.69, 9.17) is 16.9 Å². The van der Waals surface area contributed by atoms with Gasteiger partial charge < -0.3 is 10.6 Å². The summed E-state index contributed by atoms with van der Waals surface area (Å²) < 4.78 is 12.9. The molecular formula is C16H15ClFN5. The molecule has 1 aliphatic carbocycles. The van der Waals surface area contributed by atoms with E-state index < -0.39 is 0 Å². The summed E-state index contributed by atoms with van der Waals surface area (Å²) in [5.41, 5.74) is 0.690. The predicted octanol–water partition coefficient (Wildman–Crippen LogP) is 4.12. The van der Waals surface area contributed by atoms with Crippen molar-refractivity contribution in [1.82, 2.24) is 9.97 Å². The fourth-order valence-corrected chi connectivity index (χ4v) is 2.66. The molecule has 0 saturated heterocycles. The zero-order valence-corrected chi connectivity index (χ0v) is 13.0. The summed E-state index contributed by atoms with van der Waals surface area (Å²) in [7, 11) is 0. The minimum Gasteiger partial charge on any atom is -0.351 e. The Balaban J connectivity index is 1.65. The van der Waals surface area contributed by atoms with E-state index in [1.807, 2.05) is 0 Å². The number of benzene rings is 1. The smallest absolute Gasteiger partial charge is 0.224 e. The number of rotatable bonds is 5. The first kappa shape index (κ1) is 15.5. The predicted molar refractivity (Wildman–Crippen MR) is 87.1 cm³/mol. The van der Waals surface area contributed by atoms with Gasteiger partial charge in [0.1, 0.15) is 10.8 Å². The SMILES string of the molecule is N#CCC1CC(Nc2ncc(Cl)c(Nc3ccc(F)cc3)n2)C1. The van der Waals surface area contributed by atoms with Crippen LogP contribution in [0.5, 0.6) is 0 Å². The maximum Gasteiger partial charge on any atom is 0.224 e. The van der Waals surface area contributed by atoms with Gasteiger partial charge in [-0.2, -0.15) is 10.2 Å². The molecule has 1 aliphatic rings. The molecule has 2 aromatic rings. The minimum absolute atomic E-state index is 0.285. The maximum atomic E-state index is 12.9. The standard InChI is InChI=1S/C16H15ClFN5/c17-14-9-20-16(22-13-7-10(8-13)5-6-19)23-15(14)21-12-3-1-11(18)2-4-12/h1-4,9-10,13H,5,7-8H2,(H2,20,21,22,23).